The van der Waals surface area contributed by atoms with Gasteiger partial charge in [-0.05, 0) is 18.8 Å². The average Bonchev–Trinajstić information content (AvgIpc) is 2.81. The van der Waals surface area contributed by atoms with Crippen LogP contribution < -0.4 is 5.43 Å². The molecule has 1 N–H and O–H groups in total. The first-order valence-corrected chi connectivity index (χ1v) is 9.22. The minimum absolute atomic E-state index is 0.225. The van der Waals surface area contributed by atoms with E-state index < -0.39 is 0 Å². The number of nitrogens with one attached hydrogen (secondary N) is 1. The van der Waals surface area contributed by atoms with E-state index in [0.29, 0.717) is 6.41 Å². The van der Waals surface area contributed by atoms with E-state index in [9.17, 15) is 14.4 Å². The van der Waals surface area contributed by atoms with Gasteiger partial charge in [0.1, 0.15) is 0 Å². The molecule has 5 heteroatoms. The van der Waals surface area contributed by atoms with Crippen molar-refractivity contribution in [1.29, 1.82) is 0 Å². The number of nitrogens with zero attached hydrogens (tertiary/aromatic N) is 1. The molecule has 0 spiro atoms. The van der Waals surface area contributed by atoms with Gasteiger partial charge in [0.05, 0.1) is 5.92 Å². The van der Waals surface area contributed by atoms with E-state index in [1.807, 2.05) is 0 Å². The summed E-state index contributed by atoms with van der Waals surface area (Å²) in [4.78, 5) is 34.9. The number of hydrazine groups is 1. The van der Waals surface area contributed by atoms with Crippen molar-refractivity contribution in [3.63, 3.8) is 0 Å². The topological polar surface area (TPSA) is 66.5 Å². The maximum Gasteiger partial charge on any atom is 0.252 e. The second kappa shape index (κ2) is 11.2. The quantitative estimate of drug-likeness (QED) is 0.320. The van der Waals surface area contributed by atoms with Gasteiger partial charge in [-0.1, -0.05) is 65.2 Å². The third-order valence-corrected chi connectivity index (χ3v) is 4.79. The molecule has 0 aromatic heterocycles. The molecule has 1 fully saturated rings. The van der Waals surface area contributed by atoms with Gasteiger partial charge >= 0.3 is 0 Å². The van der Waals surface area contributed by atoms with Crippen molar-refractivity contribution in [2.75, 3.05) is 0 Å². The third-order valence-electron chi connectivity index (χ3n) is 4.79. The summed E-state index contributed by atoms with van der Waals surface area (Å²) in [7, 11) is 0. The first-order chi connectivity index (χ1) is 11.2. The molecule has 1 rings (SSSR count). The van der Waals surface area contributed by atoms with Crippen LogP contribution in [0.3, 0.4) is 0 Å². The van der Waals surface area contributed by atoms with Gasteiger partial charge in [0.15, 0.2) is 0 Å². The highest BCUT2D eigenvalue weighted by molar-refractivity contribution is 6.03. The molecule has 0 bridgehead atoms. The van der Waals surface area contributed by atoms with Crippen LogP contribution in [0.1, 0.15) is 84.5 Å². The first-order valence-electron chi connectivity index (χ1n) is 9.22. The Balaban J connectivity index is 2.57. The summed E-state index contributed by atoms with van der Waals surface area (Å²) in [6.07, 6.45) is 12.1. The summed E-state index contributed by atoms with van der Waals surface area (Å²) in [5, 5.41) is 0.904. The Labute approximate surface area is 140 Å². The number of hydrogen-bond acceptors (Lipinski definition) is 3. The minimum Gasteiger partial charge on any atom is -0.277 e. The van der Waals surface area contributed by atoms with E-state index in [4.69, 9.17) is 0 Å². The standard InChI is InChI=1S/C18H32N2O3/c1-3-5-7-8-10-12-15(11-9-6-4-2)16-13-17(22)20(18(16)23)19-14-21/h14-16H,3-13H2,1-2H3,(H,19,21). The molecule has 3 amide bonds. The Morgan fingerprint density at radius 3 is 2.22 bits per heavy atom. The molecule has 0 aromatic carbocycles. The number of amides is 3. The zero-order valence-corrected chi connectivity index (χ0v) is 14.7. The van der Waals surface area contributed by atoms with E-state index in [0.717, 1.165) is 43.5 Å². The normalized spacial score (nSPS) is 19.2. The molecule has 132 valence electrons. The number of hydrogen-bond donors (Lipinski definition) is 1. The fourth-order valence-electron chi connectivity index (χ4n) is 3.43. The van der Waals surface area contributed by atoms with Crippen LogP contribution in [-0.2, 0) is 14.4 Å². The molecule has 5 nitrogen and oxygen atoms in total. The lowest BCUT2D eigenvalue weighted by molar-refractivity contribution is -0.146. The highest BCUT2D eigenvalue weighted by Gasteiger charge is 2.42. The Morgan fingerprint density at radius 2 is 1.61 bits per heavy atom. The molecule has 23 heavy (non-hydrogen) atoms. The van der Waals surface area contributed by atoms with Gasteiger partial charge < -0.3 is 0 Å². The van der Waals surface area contributed by atoms with E-state index in [1.54, 1.807) is 0 Å². The van der Waals surface area contributed by atoms with Crippen LogP contribution in [0.4, 0.5) is 0 Å². The molecule has 1 heterocycles. The second-order valence-electron chi connectivity index (χ2n) is 6.58. The van der Waals surface area contributed by atoms with Gasteiger partial charge in [0.2, 0.25) is 12.3 Å². The number of carbonyl (C=O) groups is 3. The van der Waals surface area contributed by atoms with Crippen LogP contribution in [-0.4, -0.2) is 23.2 Å². The van der Waals surface area contributed by atoms with Crippen molar-refractivity contribution in [2.45, 2.75) is 84.5 Å². The molecule has 2 atom stereocenters. The third kappa shape index (κ3) is 6.32. The van der Waals surface area contributed by atoms with Gasteiger partial charge in [-0.25, -0.2) is 0 Å². The molecule has 0 aromatic rings. The van der Waals surface area contributed by atoms with Gasteiger partial charge in [-0.3, -0.25) is 19.8 Å². The number of carbonyl (C=O) groups excluding carboxylic acids is 3. The molecule has 2 unspecified atom stereocenters. The van der Waals surface area contributed by atoms with Crippen LogP contribution in [0.2, 0.25) is 0 Å². The van der Waals surface area contributed by atoms with Crippen molar-refractivity contribution in [3.8, 4) is 0 Å². The highest BCUT2D eigenvalue weighted by Crippen LogP contribution is 2.33. The molecular formula is C18H32N2O3. The fraction of sp³-hybridized carbons (Fsp3) is 0.833. The Morgan fingerprint density at radius 1 is 1.04 bits per heavy atom. The minimum atomic E-state index is -0.279. The molecule has 0 saturated carbocycles. The molecule has 1 saturated heterocycles. The monoisotopic (exact) mass is 324 g/mol. The van der Waals surface area contributed by atoms with Crippen molar-refractivity contribution >= 4 is 18.2 Å². The highest BCUT2D eigenvalue weighted by atomic mass is 16.2. The molecule has 0 aliphatic carbocycles. The Hall–Kier alpha value is -1.39. The second-order valence-corrected chi connectivity index (χ2v) is 6.58. The average molecular weight is 324 g/mol. The SMILES string of the molecule is CCCCCCCC(CCCCC)C1CC(=O)N(NC=O)C1=O. The van der Waals surface area contributed by atoms with E-state index in [-0.39, 0.29) is 30.1 Å². The lowest BCUT2D eigenvalue weighted by atomic mass is 9.82. The largest absolute Gasteiger partial charge is 0.277 e. The predicted octanol–water partition coefficient (Wildman–Crippen LogP) is 3.58. The number of rotatable bonds is 13. The van der Waals surface area contributed by atoms with Crippen molar-refractivity contribution < 1.29 is 14.4 Å². The fourth-order valence-corrected chi connectivity index (χ4v) is 3.43. The Kier molecular flexibility index (Phi) is 9.57. The van der Waals surface area contributed by atoms with Gasteiger partial charge in [-0.15, -0.1) is 0 Å². The molecule has 0 radical (unpaired) electrons. The lowest BCUT2D eigenvalue weighted by Crippen LogP contribution is -2.42. The van der Waals surface area contributed by atoms with Gasteiger partial charge in [-0.2, -0.15) is 5.01 Å². The summed E-state index contributed by atoms with van der Waals surface area (Å²) in [6, 6.07) is 0. The van der Waals surface area contributed by atoms with Gasteiger partial charge in [0, 0.05) is 6.42 Å². The summed E-state index contributed by atoms with van der Waals surface area (Å²) >= 11 is 0. The zero-order valence-electron chi connectivity index (χ0n) is 14.7. The molecular weight excluding hydrogens is 292 g/mol. The number of imide groups is 1. The van der Waals surface area contributed by atoms with Crippen LogP contribution >= 0.6 is 0 Å². The van der Waals surface area contributed by atoms with E-state index >= 15 is 0 Å². The van der Waals surface area contributed by atoms with E-state index in [2.05, 4.69) is 19.3 Å². The van der Waals surface area contributed by atoms with Crippen LogP contribution in [0.15, 0.2) is 0 Å². The molecule has 1 aliphatic heterocycles. The van der Waals surface area contributed by atoms with Crippen molar-refractivity contribution in [2.24, 2.45) is 11.8 Å². The smallest absolute Gasteiger partial charge is 0.252 e. The summed E-state index contributed by atoms with van der Waals surface area (Å²) in [6.45, 7) is 4.37. The van der Waals surface area contributed by atoms with Crippen LogP contribution in [0.25, 0.3) is 0 Å². The van der Waals surface area contributed by atoms with Crippen LogP contribution in [0, 0.1) is 11.8 Å². The summed E-state index contributed by atoms with van der Waals surface area (Å²) in [5.41, 5.74) is 2.23. The first kappa shape index (κ1) is 19.7. The summed E-state index contributed by atoms with van der Waals surface area (Å²) < 4.78 is 0. The Bertz CT molecular complexity index is 384. The van der Waals surface area contributed by atoms with Crippen LogP contribution in [0.5, 0.6) is 0 Å². The maximum absolute atomic E-state index is 12.4. The maximum atomic E-state index is 12.4. The van der Waals surface area contributed by atoms with Crippen molar-refractivity contribution in [1.82, 2.24) is 10.4 Å². The zero-order chi connectivity index (χ0) is 17.1. The molecule has 1 aliphatic rings. The van der Waals surface area contributed by atoms with Gasteiger partial charge in [0.25, 0.3) is 5.91 Å². The summed E-state index contributed by atoms with van der Waals surface area (Å²) in [5.74, 6) is -0.494. The predicted molar refractivity (Wildman–Crippen MR) is 90.2 cm³/mol. The number of unbranched alkanes of at least 4 members (excludes halogenated alkanes) is 6. The van der Waals surface area contributed by atoms with Crippen molar-refractivity contribution in [3.05, 3.63) is 0 Å². The lowest BCUT2D eigenvalue weighted by Gasteiger charge is -2.22. The van der Waals surface area contributed by atoms with E-state index in [1.165, 1.54) is 25.7 Å².